The smallest absolute Gasteiger partial charge is 0.251 e. The molecule has 6 nitrogen and oxygen atoms in total. The predicted octanol–water partition coefficient (Wildman–Crippen LogP) is 0.582. The Morgan fingerprint density at radius 1 is 1.38 bits per heavy atom. The summed E-state index contributed by atoms with van der Waals surface area (Å²) in [6.07, 6.45) is 1.74. The standard InChI is InChI=1S/C14H20N2O4S/c1-11(10-17)15-14(18)12-5-4-6-13(9-12)21(19,20)16-7-2-3-8-16/h4-6,9,11,17H,2-3,7-8,10H2,1H3,(H,15,18). The number of hydrogen-bond donors (Lipinski definition) is 2. The third-order valence-corrected chi connectivity index (χ3v) is 5.35. The van der Waals surface area contributed by atoms with Crippen molar-refractivity contribution in [1.82, 2.24) is 9.62 Å². The van der Waals surface area contributed by atoms with Gasteiger partial charge in [-0.15, -0.1) is 0 Å². The Kier molecular flexibility index (Phi) is 4.97. The summed E-state index contributed by atoms with van der Waals surface area (Å²) >= 11 is 0. The maximum Gasteiger partial charge on any atom is 0.251 e. The fourth-order valence-corrected chi connectivity index (χ4v) is 3.79. The van der Waals surface area contributed by atoms with Gasteiger partial charge in [0.05, 0.1) is 11.5 Å². The molecule has 1 unspecified atom stereocenters. The molecule has 21 heavy (non-hydrogen) atoms. The number of hydrogen-bond acceptors (Lipinski definition) is 4. The third kappa shape index (κ3) is 3.61. The number of sulfonamides is 1. The zero-order valence-corrected chi connectivity index (χ0v) is 12.8. The van der Waals surface area contributed by atoms with Crippen LogP contribution in [0.5, 0.6) is 0 Å². The van der Waals surface area contributed by atoms with Crippen LogP contribution in [0.4, 0.5) is 0 Å². The van der Waals surface area contributed by atoms with E-state index in [4.69, 9.17) is 5.11 Å². The lowest BCUT2D eigenvalue weighted by Gasteiger charge is -2.16. The van der Waals surface area contributed by atoms with Crippen molar-refractivity contribution in [3.05, 3.63) is 29.8 Å². The van der Waals surface area contributed by atoms with E-state index in [1.54, 1.807) is 19.1 Å². The predicted molar refractivity (Wildman–Crippen MR) is 78.4 cm³/mol. The van der Waals surface area contributed by atoms with Gasteiger partial charge in [0.25, 0.3) is 5.91 Å². The van der Waals surface area contributed by atoms with Crippen molar-refractivity contribution in [2.75, 3.05) is 19.7 Å². The van der Waals surface area contributed by atoms with Crippen LogP contribution >= 0.6 is 0 Å². The lowest BCUT2D eigenvalue weighted by molar-refractivity contribution is 0.0922. The van der Waals surface area contributed by atoms with E-state index in [-0.39, 0.29) is 23.1 Å². The Bertz CT molecular complexity index is 609. The first kappa shape index (κ1) is 15.9. The lowest BCUT2D eigenvalue weighted by Crippen LogP contribution is -2.35. The number of aliphatic hydroxyl groups excluding tert-OH is 1. The fourth-order valence-electron chi connectivity index (χ4n) is 2.23. The molecule has 1 aliphatic heterocycles. The topological polar surface area (TPSA) is 86.7 Å². The number of carbonyl (C=O) groups excluding carboxylic acids is 1. The van der Waals surface area contributed by atoms with Crippen molar-refractivity contribution >= 4 is 15.9 Å². The molecule has 1 aromatic rings. The molecule has 1 heterocycles. The Hall–Kier alpha value is -1.44. The summed E-state index contributed by atoms with van der Waals surface area (Å²) in [6.45, 7) is 2.56. The fraction of sp³-hybridized carbons (Fsp3) is 0.500. The molecule has 0 saturated carbocycles. The molecule has 1 atom stereocenters. The molecule has 0 bridgehead atoms. The van der Waals surface area contributed by atoms with E-state index < -0.39 is 15.9 Å². The summed E-state index contributed by atoms with van der Waals surface area (Å²) in [5.74, 6) is -0.393. The van der Waals surface area contributed by atoms with Gasteiger partial charge < -0.3 is 10.4 Å². The first-order valence-electron chi connectivity index (χ1n) is 6.97. The number of rotatable bonds is 5. The number of aliphatic hydroxyl groups is 1. The summed E-state index contributed by atoms with van der Waals surface area (Å²) in [5, 5.41) is 11.5. The average molecular weight is 312 g/mol. The molecule has 1 amide bonds. The van der Waals surface area contributed by atoms with Gasteiger partial charge in [0.15, 0.2) is 0 Å². The van der Waals surface area contributed by atoms with Crippen molar-refractivity contribution in [2.24, 2.45) is 0 Å². The van der Waals surface area contributed by atoms with E-state index in [9.17, 15) is 13.2 Å². The normalized spacial score (nSPS) is 17.6. The summed E-state index contributed by atoms with van der Waals surface area (Å²) in [5.41, 5.74) is 0.274. The van der Waals surface area contributed by atoms with Crippen LogP contribution in [0.15, 0.2) is 29.2 Å². The molecule has 0 radical (unpaired) electrons. The number of amides is 1. The van der Waals surface area contributed by atoms with E-state index in [0.29, 0.717) is 13.1 Å². The molecule has 1 saturated heterocycles. The minimum absolute atomic E-state index is 0.133. The Morgan fingerprint density at radius 3 is 2.67 bits per heavy atom. The minimum atomic E-state index is -3.52. The molecule has 7 heteroatoms. The lowest BCUT2D eigenvalue weighted by atomic mass is 10.2. The molecule has 0 spiro atoms. The highest BCUT2D eigenvalue weighted by molar-refractivity contribution is 7.89. The average Bonchev–Trinajstić information content (AvgIpc) is 3.02. The summed E-state index contributed by atoms with van der Waals surface area (Å²) in [7, 11) is -3.52. The SMILES string of the molecule is CC(CO)NC(=O)c1cccc(S(=O)(=O)N2CCCC2)c1. The first-order chi connectivity index (χ1) is 9.95. The molecule has 2 N–H and O–H groups in total. The quantitative estimate of drug-likeness (QED) is 0.833. The summed E-state index contributed by atoms with van der Waals surface area (Å²) in [6, 6.07) is 5.62. The highest BCUT2D eigenvalue weighted by Gasteiger charge is 2.27. The van der Waals surface area contributed by atoms with E-state index in [1.165, 1.54) is 16.4 Å². The van der Waals surface area contributed by atoms with Gasteiger partial charge in [-0.2, -0.15) is 4.31 Å². The largest absolute Gasteiger partial charge is 0.394 e. The van der Waals surface area contributed by atoms with Crippen molar-refractivity contribution in [3.63, 3.8) is 0 Å². The summed E-state index contributed by atoms with van der Waals surface area (Å²) in [4.78, 5) is 12.1. The second kappa shape index (κ2) is 6.55. The zero-order chi connectivity index (χ0) is 15.5. The maximum absolute atomic E-state index is 12.4. The highest BCUT2D eigenvalue weighted by atomic mass is 32.2. The molecule has 0 aliphatic carbocycles. The molecular formula is C14H20N2O4S. The minimum Gasteiger partial charge on any atom is -0.394 e. The number of benzene rings is 1. The van der Waals surface area contributed by atoms with Gasteiger partial charge >= 0.3 is 0 Å². The number of carbonyl (C=O) groups is 1. The van der Waals surface area contributed by atoms with Gasteiger partial charge in [-0.25, -0.2) is 8.42 Å². The van der Waals surface area contributed by atoms with E-state index in [0.717, 1.165) is 12.8 Å². The Labute approximate surface area is 124 Å². The van der Waals surface area contributed by atoms with Crippen molar-refractivity contribution in [3.8, 4) is 0 Å². The second-order valence-electron chi connectivity index (χ2n) is 5.20. The molecule has 116 valence electrons. The van der Waals surface area contributed by atoms with Gasteiger partial charge in [-0.3, -0.25) is 4.79 Å². The van der Waals surface area contributed by atoms with Gasteiger partial charge in [0, 0.05) is 24.7 Å². The van der Waals surface area contributed by atoms with Crippen molar-refractivity contribution in [1.29, 1.82) is 0 Å². The van der Waals surface area contributed by atoms with Crippen LogP contribution < -0.4 is 5.32 Å². The molecular weight excluding hydrogens is 292 g/mol. The summed E-state index contributed by atoms with van der Waals surface area (Å²) < 4.78 is 26.3. The van der Waals surface area contributed by atoms with Crippen molar-refractivity contribution in [2.45, 2.75) is 30.7 Å². The molecule has 2 rings (SSSR count). The Balaban J connectivity index is 2.23. The van der Waals surface area contributed by atoms with Crippen LogP contribution in [0.2, 0.25) is 0 Å². The van der Waals surface area contributed by atoms with Crippen LogP contribution in [-0.2, 0) is 10.0 Å². The molecule has 0 aromatic heterocycles. The van der Waals surface area contributed by atoms with E-state index >= 15 is 0 Å². The molecule has 1 aromatic carbocycles. The van der Waals surface area contributed by atoms with E-state index in [2.05, 4.69) is 5.32 Å². The van der Waals surface area contributed by atoms with Crippen LogP contribution in [0.3, 0.4) is 0 Å². The van der Waals surface area contributed by atoms with Gasteiger partial charge in [0.1, 0.15) is 0 Å². The zero-order valence-electron chi connectivity index (χ0n) is 11.9. The van der Waals surface area contributed by atoms with Crippen LogP contribution in [-0.4, -0.2) is 49.5 Å². The number of nitrogens with zero attached hydrogens (tertiary/aromatic N) is 1. The van der Waals surface area contributed by atoms with Crippen LogP contribution in [0.1, 0.15) is 30.1 Å². The highest BCUT2D eigenvalue weighted by Crippen LogP contribution is 2.21. The third-order valence-electron chi connectivity index (χ3n) is 3.45. The molecule has 1 fully saturated rings. The monoisotopic (exact) mass is 312 g/mol. The molecule has 1 aliphatic rings. The van der Waals surface area contributed by atoms with Gasteiger partial charge in [0.2, 0.25) is 10.0 Å². The van der Waals surface area contributed by atoms with Crippen LogP contribution in [0, 0.1) is 0 Å². The van der Waals surface area contributed by atoms with E-state index in [1.807, 2.05) is 0 Å². The maximum atomic E-state index is 12.4. The van der Waals surface area contributed by atoms with Gasteiger partial charge in [-0.1, -0.05) is 6.07 Å². The van der Waals surface area contributed by atoms with Gasteiger partial charge in [-0.05, 0) is 38.0 Å². The first-order valence-corrected chi connectivity index (χ1v) is 8.41. The number of nitrogens with one attached hydrogen (secondary N) is 1. The van der Waals surface area contributed by atoms with Crippen molar-refractivity contribution < 1.29 is 18.3 Å². The second-order valence-corrected chi connectivity index (χ2v) is 7.13. The Morgan fingerprint density at radius 2 is 2.05 bits per heavy atom. The van der Waals surface area contributed by atoms with Crippen LogP contribution in [0.25, 0.3) is 0 Å².